The zero-order valence-electron chi connectivity index (χ0n) is 14.5. The number of guanidine groups is 1. The first-order valence-corrected chi connectivity index (χ1v) is 8.77. The van der Waals surface area contributed by atoms with Crippen LogP contribution in [0.4, 0.5) is 8.78 Å². The van der Waals surface area contributed by atoms with Gasteiger partial charge in [-0.2, -0.15) is 0 Å². The third-order valence-corrected chi connectivity index (χ3v) is 5.45. The minimum atomic E-state index is -1.24. The van der Waals surface area contributed by atoms with E-state index in [1.807, 2.05) is 0 Å². The number of fused-ring (bicyclic) bond motifs is 1. The smallest absolute Gasteiger partial charge is 0.235 e. The van der Waals surface area contributed by atoms with Gasteiger partial charge in [-0.15, -0.1) is 0 Å². The van der Waals surface area contributed by atoms with Crippen LogP contribution in [-0.4, -0.2) is 43.6 Å². The van der Waals surface area contributed by atoms with Gasteiger partial charge in [0.05, 0.1) is 19.1 Å². The van der Waals surface area contributed by atoms with Gasteiger partial charge in [-0.3, -0.25) is 15.1 Å². The predicted molar refractivity (Wildman–Crippen MR) is 88.8 cm³/mol. The van der Waals surface area contributed by atoms with E-state index in [4.69, 9.17) is 14.9 Å². The summed E-state index contributed by atoms with van der Waals surface area (Å²) in [5, 5.41) is 11.0. The first-order valence-electron chi connectivity index (χ1n) is 8.77. The zero-order valence-corrected chi connectivity index (χ0v) is 14.5. The van der Waals surface area contributed by atoms with Crippen molar-refractivity contribution in [2.75, 3.05) is 26.9 Å². The summed E-state index contributed by atoms with van der Waals surface area (Å²) in [6, 6.07) is 2.10. The molecular formula is C18H21F2N3O3. The highest BCUT2D eigenvalue weighted by atomic mass is 19.1. The van der Waals surface area contributed by atoms with E-state index >= 15 is 0 Å². The first-order chi connectivity index (χ1) is 12.4. The third kappa shape index (κ3) is 2.72. The number of hydrogen-bond donors (Lipinski definition) is 2. The van der Waals surface area contributed by atoms with Gasteiger partial charge in [0, 0.05) is 25.3 Å². The maximum atomic E-state index is 14.8. The highest BCUT2D eigenvalue weighted by molar-refractivity contribution is 6.00. The second-order valence-corrected chi connectivity index (χ2v) is 7.25. The summed E-state index contributed by atoms with van der Waals surface area (Å²) in [6.07, 6.45) is 2.49. The molecule has 2 unspecified atom stereocenters. The minimum absolute atomic E-state index is 0.0181. The molecule has 2 atom stereocenters. The monoisotopic (exact) mass is 365 g/mol. The lowest BCUT2D eigenvalue weighted by Crippen LogP contribution is -2.68. The third-order valence-electron chi connectivity index (χ3n) is 5.45. The quantitative estimate of drug-likeness (QED) is 0.856. The molecule has 2 saturated heterocycles. The summed E-state index contributed by atoms with van der Waals surface area (Å²) in [5.41, 5.74) is -1.14. The number of carbonyl (C=O) groups excluding carboxylic acids is 1. The average molecular weight is 365 g/mol. The SMILES string of the molecule is CN1C(=N)NC2(c3cc(OCC4CC4)c(F)cc3F)COCCC2C1=O. The molecule has 3 fully saturated rings. The van der Waals surface area contributed by atoms with Gasteiger partial charge in [0.1, 0.15) is 11.4 Å². The molecule has 0 bridgehead atoms. The summed E-state index contributed by atoms with van der Waals surface area (Å²) in [7, 11) is 1.50. The molecule has 0 aromatic heterocycles. The molecule has 1 aromatic carbocycles. The Morgan fingerprint density at radius 2 is 2.12 bits per heavy atom. The molecule has 4 rings (SSSR count). The van der Waals surface area contributed by atoms with Crippen LogP contribution in [0.25, 0.3) is 0 Å². The summed E-state index contributed by atoms with van der Waals surface area (Å²) in [5.74, 6) is -2.19. The number of carbonyl (C=O) groups is 1. The van der Waals surface area contributed by atoms with Crippen LogP contribution in [0.2, 0.25) is 0 Å². The van der Waals surface area contributed by atoms with Crippen LogP contribution in [0.3, 0.4) is 0 Å². The van der Waals surface area contributed by atoms with E-state index in [0.717, 1.165) is 18.9 Å². The fourth-order valence-corrected chi connectivity index (χ4v) is 3.68. The van der Waals surface area contributed by atoms with Crippen molar-refractivity contribution >= 4 is 11.9 Å². The highest BCUT2D eigenvalue weighted by Gasteiger charge is 2.53. The Hall–Kier alpha value is -2.22. The Labute approximate surface area is 150 Å². The Morgan fingerprint density at radius 3 is 2.85 bits per heavy atom. The summed E-state index contributed by atoms with van der Waals surface area (Å²) < 4.78 is 40.0. The van der Waals surface area contributed by atoms with Crippen molar-refractivity contribution in [3.8, 4) is 5.75 Å². The second kappa shape index (κ2) is 6.19. The Morgan fingerprint density at radius 1 is 1.35 bits per heavy atom. The molecule has 8 heteroatoms. The molecule has 3 aliphatic rings. The van der Waals surface area contributed by atoms with E-state index in [1.54, 1.807) is 0 Å². The van der Waals surface area contributed by atoms with Crippen LogP contribution < -0.4 is 10.1 Å². The molecule has 6 nitrogen and oxygen atoms in total. The Balaban J connectivity index is 1.76. The van der Waals surface area contributed by atoms with Crippen LogP contribution >= 0.6 is 0 Å². The lowest BCUT2D eigenvalue weighted by Gasteiger charge is -2.49. The zero-order chi connectivity index (χ0) is 18.5. The number of rotatable bonds is 4. The molecule has 1 amide bonds. The summed E-state index contributed by atoms with van der Waals surface area (Å²) in [4.78, 5) is 13.9. The Kier molecular flexibility index (Phi) is 4.10. The van der Waals surface area contributed by atoms with E-state index in [2.05, 4.69) is 5.32 Å². The maximum absolute atomic E-state index is 14.8. The van der Waals surface area contributed by atoms with Crippen molar-refractivity contribution in [2.45, 2.75) is 24.8 Å². The van der Waals surface area contributed by atoms with Gasteiger partial charge in [-0.1, -0.05) is 0 Å². The number of nitrogens with zero attached hydrogens (tertiary/aromatic N) is 1. The van der Waals surface area contributed by atoms with Crippen LogP contribution in [0.5, 0.6) is 5.75 Å². The second-order valence-electron chi connectivity index (χ2n) is 7.25. The van der Waals surface area contributed by atoms with Crippen molar-refractivity contribution < 1.29 is 23.0 Å². The van der Waals surface area contributed by atoms with E-state index in [9.17, 15) is 13.6 Å². The number of benzene rings is 1. The highest BCUT2D eigenvalue weighted by Crippen LogP contribution is 2.42. The number of hydrogen-bond acceptors (Lipinski definition) is 4. The molecular weight excluding hydrogens is 344 g/mol. The van der Waals surface area contributed by atoms with Gasteiger partial charge in [0.15, 0.2) is 17.5 Å². The number of nitrogens with one attached hydrogen (secondary N) is 2. The van der Waals surface area contributed by atoms with E-state index < -0.39 is 23.1 Å². The fourth-order valence-electron chi connectivity index (χ4n) is 3.68. The summed E-state index contributed by atoms with van der Waals surface area (Å²) in [6.45, 7) is 0.777. The molecule has 26 heavy (non-hydrogen) atoms. The molecule has 2 heterocycles. The van der Waals surface area contributed by atoms with Gasteiger partial charge in [-0.05, 0) is 31.2 Å². The molecule has 1 aliphatic carbocycles. The molecule has 2 aliphatic heterocycles. The van der Waals surface area contributed by atoms with E-state index in [1.165, 1.54) is 18.0 Å². The fraction of sp³-hybridized carbons (Fsp3) is 0.556. The molecule has 1 saturated carbocycles. The normalized spacial score (nSPS) is 28.6. The molecule has 140 valence electrons. The van der Waals surface area contributed by atoms with Crippen LogP contribution in [0, 0.1) is 28.9 Å². The van der Waals surface area contributed by atoms with Gasteiger partial charge in [0.2, 0.25) is 5.91 Å². The van der Waals surface area contributed by atoms with Crippen LogP contribution in [-0.2, 0) is 15.1 Å². The summed E-state index contributed by atoms with van der Waals surface area (Å²) >= 11 is 0. The topological polar surface area (TPSA) is 74.7 Å². The largest absolute Gasteiger partial charge is 0.490 e. The van der Waals surface area contributed by atoms with Crippen molar-refractivity contribution in [3.63, 3.8) is 0 Å². The number of ether oxygens (including phenoxy) is 2. The molecule has 0 radical (unpaired) electrons. The van der Waals surface area contributed by atoms with Crippen molar-refractivity contribution in [1.29, 1.82) is 5.41 Å². The van der Waals surface area contributed by atoms with Crippen LogP contribution in [0.15, 0.2) is 12.1 Å². The van der Waals surface area contributed by atoms with Gasteiger partial charge >= 0.3 is 0 Å². The number of halogens is 2. The lowest BCUT2D eigenvalue weighted by molar-refractivity contribution is -0.143. The van der Waals surface area contributed by atoms with Gasteiger partial charge in [-0.25, -0.2) is 8.78 Å². The van der Waals surface area contributed by atoms with E-state index in [0.29, 0.717) is 25.6 Å². The minimum Gasteiger partial charge on any atom is -0.490 e. The number of amides is 1. The maximum Gasteiger partial charge on any atom is 0.235 e. The van der Waals surface area contributed by atoms with Crippen molar-refractivity contribution in [3.05, 3.63) is 29.3 Å². The van der Waals surface area contributed by atoms with Crippen molar-refractivity contribution in [2.24, 2.45) is 11.8 Å². The molecule has 1 aromatic rings. The molecule has 2 N–H and O–H groups in total. The first kappa shape index (κ1) is 17.2. The van der Waals surface area contributed by atoms with Gasteiger partial charge in [0.25, 0.3) is 0 Å². The molecule has 0 spiro atoms. The van der Waals surface area contributed by atoms with Crippen molar-refractivity contribution in [1.82, 2.24) is 10.2 Å². The standard InChI is InChI=1S/C18H21F2N3O3/c1-23-16(24)11-4-5-25-9-18(11,22-17(23)21)12-6-15(14(20)7-13(12)19)26-8-10-2-3-10/h6-7,10-11H,2-5,8-9H2,1H3,(H2,21,22). The Bertz CT molecular complexity index is 768. The van der Waals surface area contributed by atoms with Gasteiger partial charge < -0.3 is 14.8 Å². The predicted octanol–water partition coefficient (Wildman–Crippen LogP) is 1.98. The van der Waals surface area contributed by atoms with E-state index in [-0.39, 0.29) is 29.8 Å². The lowest BCUT2D eigenvalue weighted by atomic mass is 9.73. The average Bonchev–Trinajstić information content (AvgIpc) is 3.43. The van der Waals surface area contributed by atoms with Crippen LogP contribution in [0.1, 0.15) is 24.8 Å².